The molecule has 4 N–H and O–H groups in total. The standard InChI is InChI=1S/C21H24N4O3/c26-19-16(12-17-22-10-11-23-17)25-21(28)18(19)20(27)24-15-8-6-14(7-9-15)13-4-2-1-3-5-13/h6-11,13,16,26H,1-5,12H2,(H,22,23)(H,24,27)(H,25,28). The van der Waals surface area contributed by atoms with Gasteiger partial charge in [0.15, 0.2) is 0 Å². The number of nitrogens with zero attached hydrogens (tertiary/aromatic N) is 1. The SMILES string of the molecule is O=C(Nc1ccc(C2CCCCC2)cc1)C1=C(O)C(Cc2ncc[nH]2)NC1=O. The predicted octanol–water partition coefficient (Wildman–Crippen LogP) is 2.95. The van der Waals surface area contributed by atoms with Crippen LogP contribution in [0.15, 0.2) is 48.0 Å². The van der Waals surface area contributed by atoms with E-state index >= 15 is 0 Å². The average molecular weight is 380 g/mol. The Morgan fingerprint density at radius 1 is 1.18 bits per heavy atom. The number of aromatic nitrogens is 2. The number of rotatable bonds is 5. The molecule has 1 fully saturated rings. The van der Waals surface area contributed by atoms with Crippen LogP contribution in [0.5, 0.6) is 0 Å². The Hall–Kier alpha value is -3.09. The van der Waals surface area contributed by atoms with Crippen LogP contribution < -0.4 is 10.6 Å². The number of benzene rings is 1. The van der Waals surface area contributed by atoms with E-state index < -0.39 is 17.9 Å². The minimum Gasteiger partial charge on any atom is -0.509 e. The molecule has 0 spiro atoms. The Kier molecular flexibility index (Phi) is 5.14. The second-order valence-electron chi connectivity index (χ2n) is 7.44. The number of imidazole rings is 1. The second kappa shape index (κ2) is 7.88. The number of H-pyrrole nitrogens is 1. The van der Waals surface area contributed by atoms with Crippen LogP contribution in [0.2, 0.25) is 0 Å². The summed E-state index contributed by atoms with van der Waals surface area (Å²) >= 11 is 0. The number of aliphatic hydroxyl groups excluding tert-OH is 1. The Bertz CT molecular complexity index is 881. The number of hydrogen-bond acceptors (Lipinski definition) is 4. The van der Waals surface area contributed by atoms with Crippen molar-refractivity contribution < 1.29 is 14.7 Å². The lowest BCUT2D eigenvalue weighted by Crippen LogP contribution is -2.32. The van der Waals surface area contributed by atoms with Crippen molar-refractivity contribution in [3.63, 3.8) is 0 Å². The molecule has 7 nitrogen and oxygen atoms in total. The lowest BCUT2D eigenvalue weighted by molar-refractivity contribution is -0.120. The van der Waals surface area contributed by atoms with Gasteiger partial charge in [-0.15, -0.1) is 0 Å². The first-order valence-corrected chi connectivity index (χ1v) is 9.75. The molecule has 0 saturated heterocycles. The Morgan fingerprint density at radius 2 is 1.93 bits per heavy atom. The first kappa shape index (κ1) is 18.3. The summed E-state index contributed by atoms with van der Waals surface area (Å²) in [7, 11) is 0. The molecular formula is C21H24N4O3. The number of carbonyl (C=O) groups is 2. The van der Waals surface area contributed by atoms with Gasteiger partial charge >= 0.3 is 0 Å². The Balaban J connectivity index is 1.43. The highest BCUT2D eigenvalue weighted by atomic mass is 16.3. The molecule has 0 bridgehead atoms. The minimum atomic E-state index is -0.659. The highest BCUT2D eigenvalue weighted by Crippen LogP contribution is 2.33. The fraction of sp³-hybridized carbons (Fsp3) is 0.381. The summed E-state index contributed by atoms with van der Waals surface area (Å²) in [5, 5.41) is 15.7. The number of anilines is 1. The van der Waals surface area contributed by atoms with Crippen molar-refractivity contribution in [3.05, 3.63) is 59.4 Å². The molecule has 1 unspecified atom stereocenters. The zero-order chi connectivity index (χ0) is 19.5. The van der Waals surface area contributed by atoms with Gasteiger partial charge in [0.2, 0.25) is 0 Å². The van der Waals surface area contributed by atoms with Crippen molar-refractivity contribution in [1.82, 2.24) is 15.3 Å². The maximum absolute atomic E-state index is 12.6. The molecule has 28 heavy (non-hydrogen) atoms. The van der Waals surface area contributed by atoms with Gasteiger partial charge < -0.3 is 20.7 Å². The van der Waals surface area contributed by atoms with Crippen LogP contribution >= 0.6 is 0 Å². The summed E-state index contributed by atoms with van der Waals surface area (Å²) in [4.78, 5) is 31.8. The summed E-state index contributed by atoms with van der Waals surface area (Å²) in [5.41, 5.74) is 1.65. The zero-order valence-corrected chi connectivity index (χ0v) is 15.6. The maximum atomic E-state index is 12.6. The van der Waals surface area contributed by atoms with Crippen molar-refractivity contribution in [3.8, 4) is 0 Å². The first-order chi connectivity index (χ1) is 13.6. The van der Waals surface area contributed by atoms with E-state index in [1.165, 1.54) is 37.7 Å². The highest BCUT2D eigenvalue weighted by Gasteiger charge is 2.36. The fourth-order valence-corrected chi connectivity index (χ4v) is 4.03. The topological polar surface area (TPSA) is 107 Å². The summed E-state index contributed by atoms with van der Waals surface area (Å²) in [6.07, 6.45) is 9.82. The molecule has 1 aliphatic heterocycles. The van der Waals surface area contributed by atoms with Crippen LogP contribution in [0.25, 0.3) is 0 Å². The van der Waals surface area contributed by atoms with Gasteiger partial charge in [0.25, 0.3) is 11.8 Å². The van der Waals surface area contributed by atoms with Crippen LogP contribution in [-0.4, -0.2) is 32.9 Å². The average Bonchev–Trinajstić information content (AvgIpc) is 3.31. The van der Waals surface area contributed by atoms with Crippen molar-refractivity contribution in [2.75, 3.05) is 5.32 Å². The second-order valence-corrected chi connectivity index (χ2v) is 7.44. The summed E-state index contributed by atoms with van der Waals surface area (Å²) < 4.78 is 0. The van der Waals surface area contributed by atoms with Crippen molar-refractivity contribution in [1.29, 1.82) is 0 Å². The van der Waals surface area contributed by atoms with Crippen molar-refractivity contribution >= 4 is 17.5 Å². The van der Waals surface area contributed by atoms with Gasteiger partial charge in [-0.1, -0.05) is 31.4 Å². The third kappa shape index (κ3) is 3.78. The number of aliphatic hydroxyl groups is 1. The largest absolute Gasteiger partial charge is 0.509 e. The van der Waals surface area contributed by atoms with Gasteiger partial charge in [-0.3, -0.25) is 9.59 Å². The van der Waals surface area contributed by atoms with E-state index in [1.807, 2.05) is 24.3 Å². The molecule has 2 heterocycles. The number of hydrogen-bond donors (Lipinski definition) is 4. The quantitative estimate of drug-likeness (QED) is 0.598. The van der Waals surface area contributed by atoms with Gasteiger partial charge in [0.1, 0.15) is 17.2 Å². The van der Waals surface area contributed by atoms with E-state index in [0.29, 0.717) is 17.4 Å². The van der Waals surface area contributed by atoms with E-state index in [-0.39, 0.29) is 17.8 Å². The van der Waals surface area contributed by atoms with E-state index in [9.17, 15) is 14.7 Å². The molecule has 1 atom stereocenters. The molecule has 1 saturated carbocycles. The number of amides is 2. The Labute approximate surface area is 163 Å². The molecule has 4 rings (SSSR count). The summed E-state index contributed by atoms with van der Waals surface area (Å²) in [6.45, 7) is 0. The van der Waals surface area contributed by atoms with Crippen molar-refractivity contribution in [2.45, 2.75) is 50.5 Å². The van der Waals surface area contributed by atoms with Crippen LogP contribution in [0, 0.1) is 0 Å². The smallest absolute Gasteiger partial charge is 0.264 e. The van der Waals surface area contributed by atoms with Gasteiger partial charge in [0.05, 0.1) is 6.04 Å². The molecule has 1 aromatic heterocycles. The highest BCUT2D eigenvalue weighted by molar-refractivity contribution is 6.24. The van der Waals surface area contributed by atoms with Crippen LogP contribution in [0.4, 0.5) is 5.69 Å². The van der Waals surface area contributed by atoms with E-state index in [0.717, 1.165) is 0 Å². The molecule has 0 radical (unpaired) electrons. The monoisotopic (exact) mass is 380 g/mol. The van der Waals surface area contributed by atoms with E-state index in [4.69, 9.17) is 0 Å². The van der Waals surface area contributed by atoms with Crippen LogP contribution in [0.1, 0.15) is 49.4 Å². The normalized spacial score (nSPS) is 20.3. The predicted molar refractivity (Wildman–Crippen MR) is 105 cm³/mol. The molecule has 1 aromatic carbocycles. The van der Waals surface area contributed by atoms with Crippen molar-refractivity contribution in [2.24, 2.45) is 0 Å². The zero-order valence-electron chi connectivity index (χ0n) is 15.6. The number of carbonyl (C=O) groups excluding carboxylic acids is 2. The lowest BCUT2D eigenvalue weighted by Gasteiger charge is -2.22. The van der Waals surface area contributed by atoms with Gasteiger partial charge in [-0.2, -0.15) is 0 Å². The third-order valence-corrected chi connectivity index (χ3v) is 5.54. The minimum absolute atomic E-state index is 0.243. The van der Waals surface area contributed by atoms with Crippen LogP contribution in [0.3, 0.4) is 0 Å². The fourth-order valence-electron chi connectivity index (χ4n) is 4.03. The molecule has 2 amide bonds. The summed E-state index contributed by atoms with van der Waals surface area (Å²) in [6, 6.07) is 7.12. The Morgan fingerprint density at radius 3 is 2.61 bits per heavy atom. The molecule has 146 valence electrons. The van der Waals surface area contributed by atoms with Crippen LogP contribution in [-0.2, 0) is 16.0 Å². The molecule has 2 aliphatic rings. The van der Waals surface area contributed by atoms with E-state index in [1.54, 1.807) is 12.4 Å². The van der Waals surface area contributed by atoms with Gasteiger partial charge in [0, 0.05) is 24.5 Å². The van der Waals surface area contributed by atoms with E-state index in [2.05, 4.69) is 20.6 Å². The number of nitrogens with one attached hydrogen (secondary N) is 3. The molecule has 7 heteroatoms. The van der Waals surface area contributed by atoms with Gasteiger partial charge in [-0.25, -0.2) is 4.98 Å². The lowest BCUT2D eigenvalue weighted by atomic mass is 9.84. The molecule has 1 aliphatic carbocycles. The molecule has 2 aromatic rings. The summed E-state index contributed by atoms with van der Waals surface area (Å²) in [5.74, 6) is -0.226. The molecular weight excluding hydrogens is 356 g/mol. The maximum Gasteiger partial charge on any atom is 0.264 e. The third-order valence-electron chi connectivity index (χ3n) is 5.54. The van der Waals surface area contributed by atoms with Gasteiger partial charge in [-0.05, 0) is 36.5 Å². The number of aromatic amines is 1. The first-order valence-electron chi connectivity index (χ1n) is 9.75.